The van der Waals surface area contributed by atoms with Gasteiger partial charge in [-0.2, -0.15) is 0 Å². The van der Waals surface area contributed by atoms with Crippen LogP contribution < -0.4 is 14.8 Å². The number of carbonyl (C=O) groups excluding carboxylic acids is 1. The lowest BCUT2D eigenvalue weighted by atomic mass is 9.99. The van der Waals surface area contributed by atoms with E-state index in [0.29, 0.717) is 6.54 Å². The summed E-state index contributed by atoms with van der Waals surface area (Å²) in [5.41, 5.74) is 1.13. The van der Waals surface area contributed by atoms with Gasteiger partial charge in [-0.25, -0.2) is 0 Å². The Hall–Kier alpha value is -1.79. The van der Waals surface area contributed by atoms with Crippen molar-refractivity contribution in [3.63, 3.8) is 0 Å². The third-order valence-corrected chi connectivity index (χ3v) is 4.89. The highest BCUT2D eigenvalue weighted by Crippen LogP contribution is 2.32. The molecule has 0 aliphatic carbocycles. The van der Waals surface area contributed by atoms with Crippen LogP contribution in [-0.4, -0.2) is 55.5 Å². The maximum absolute atomic E-state index is 12.8. The molecule has 0 radical (unpaired) electrons. The molecule has 1 fully saturated rings. The number of carbonyl (C=O) groups is 1. The van der Waals surface area contributed by atoms with Crippen molar-refractivity contribution in [2.24, 2.45) is 5.92 Å². The van der Waals surface area contributed by atoms with E-state index in [4.69, 9.17) is 14.2 Å². The molecule has 3 atom stereocenters. The van der Waals surface area contributed by atoms with Gasteiger partial charge in [0.1, 0.15) is 0 Å². The fourth-order valence-corrected chi connectivity index (χ4v) is 3.87. The van der Waals surface area contributed by atoms with Gasteiger partial charge < -0.3 is 19.5 Å². The Bertz CT molecular complexity index is 624. The predicted octanol–water partition coefficient (Wildman–Crippen LogP) is 2.21. The molecule has 0 saturated carbocycles. The second-order valence-electron chi connectivity index (χ2n) is 7.63. The van der Waals surface area contributed by atoms with Crippen LogP contribution >= 0.6 is 0 Å². The van der Waals surface area contributed by atoms with Gasteiger partial charge in [-0.3, -0.25) is 9.69 Å². The average Bonchev–Trinajstić information content (AvgIpc) is 3.01. The molecule has 1 N–H and O–H groups in total. The average molecular weight is 362 g/mol. The molecule has 0 bridgehead atoms. The smallest absolute Gasteiger partial charge is 0.237 e. The molecular formula is C20H30N2O4. The molecule has 6 heteroatoms. The molecule has 2 aliphatic heterocycles. The van der Waals surface area contributed by atoms with Crippen LogP contribution in [0.15, 0.2) is 18.2 Å². The number of ether oxygens (including phenoxy) is 3. The van der Waals surface area contributed by atoms with Crippen LogP contribution in [0.2, 0.25) is 0 Å². The molecule has 2 aliphatic rings. The van der Waals surface area contributed by atoms with E-state index in [0.717, 1.165) is 36.6 Å². The van der Waals surface area contributed by atoms with Crippen LogP contribution in [-0.2, 0) is 16.0 Å². The van der Waals surface area contributed by atoms with Crippen LogP contribution in [0.3, 0.4) is 0 Å². The zero-order chi connectivity index (χ0) is 18.7. The SMILES string of the molecule is CC1CN(C(C(=O)NCCc2ccc3c(c2)OCO3)C(C)C)CC(C)O1. The third-order valence-electron chi connectivity index (χ3n) is 4.89. The number of hydrogen-bond donors (Lipinski definition) is 1. The first-order valence-corrected chi connectivity index (χ1v) is 9.49. The minimum atomic E-state index is -0.124. The summed E-state index contributed by atoms with van der Waals surface area (Å²) in [5.74, 6) is 1.92. The zero-order valence-corrected chi connectivity index (χ0v) is 16.2. The number of nitrogens with one attached hydrogen (secondary N) is 1. The summed E-state index contributed by atoms with van der Waals surface area (Å²) >= 11 is 0. The van der Waals surface area contributed by atoms with Crippen LogP contribution in [0.1, 0.15) is 33.3 Å². The number of amides is 1. The fourth-order valence-electron chi connectivity index (χ4n) is 3.87. The Morgan fingerprint density at radius 1 is 1.19 bits per heavy atom. The van der Waals surface area contributed by atoms with Gasteiger partial charge in [0.05, 0.1) is 18.2 Å². The molecule has 1 saturated heterocycles. The number of fused-ring (bicyclic) bond motifs is 1. The molecule has 3 rings (SSSR count). The lowest BCUT2D eigenvalue weighted by molar-refractivity contribution is -0.135. The standard InChI is InChI=1S/C20H30N2O4/c1-13(2)19(22-10-14(3)26-15(4)11-22)20(23)21-8-7-16-5-6-17-18(9-16)25-12-24-17/h5-6,9,13-15,19H,7-8,10-12H2,1-4H3,(H,21,23). The van der Waals surface area contributed by atoms with Crippen molar-refractivity contribution in [1.29, 1.82) is 0 Å². The van der Waals surface area contributed by atoms with Crippen molar-refractivity contribution >= 4 is 5.91 Å². The summed E-state index contributed by atoms with van der Waals surface area (Å²) in [6, 6.07) is 5.80. The Kier molecular flexibility index (Phi) is 6.04. The molecule has 2 heterocycles. The molecule has 26 heavy (non-hydrogen) atoms. The minimum Gasteiger partial charge on any atom is -0.454 e. The first-order chi connectivity index (χ1) is 12.4. The van der Waals surface area contributed by atoms with E-state index in [1.165, 1.54) is 0 Å². The monoisotopic (exact) mass is 362 g/mol. The summed E-state index contributed by atoms with van der Waals surface area (Å²) in [6.45, 7) is 10.8. The predicted molar refractivity (Wildman–Crippen MR) is 99.5 cm³/mol. The van der Waals surface area contributed by atoms with Gasteiger partial charge in [-0.05, 0) is 43.9 Å². The van der Waals surface area contributed by atoms with E-state index in [1.807, 2.05) is 18.2 Å². The van der Waals surface area contributed by atoms with Crippen molar-refractivity contribution in [1.82, 2.24) is 10.2 Å². The van der Waals surface area contributed by atoms with E-state index in [-0.39, 0.29) is 36.9 Å². The molecule has 144 valence electrons. The van der Waals surface area contributed by atoms with Gasteiger partial charge >= 0.3 is 0 Å². The summed E-state index contributed by atoms with van der Waals surface area (Å²) in [4.78, 5) is 15.1. The molecule has 3 unspecified atom stereocenters. The van der Waals surface area contributed by atoms with Crippen LogP contribution in [0, 0.1) is 5.92 Å². The van der Waals surface area contributed by atoms with Crippen molar-refractivity contribution < 1.29 is 19.0 Å². The molecule has 1 aromatic carbocycles. The maximum atomic E-state index is 12.8. The van der Waals surface area contributed by atoms with Crippen LogP contribution in [0.4, 0.5) is 0 Å². The third kappa shape index (κ3) is 4.48. The molecule has 0 aromatic heterocycles. The number of nitrogens with zero attached hydrogens (tertiary/aromatic N) is 1. The first kappa shape index (κ1) is 19.0. The Morgan fingerprint density at radius 2 is 1.88 bits per heavy atom. The first-order valence-electron chi connectivity index (χ1n) is 9.49. The molecule has 6 nitrogen and oxygen atoms in total. The van der Waals surface area contributed by atoms with Crippen LogP contribution in [0.5, 0.6) is 11.5 Å². The summed E-state index contributed by atoms with van der Waals surface area (Å²) in [7, 11) is 0. The summed E-state index contributed by atoms with van der Waals surface area (Å²) in [6.07, 6.45) is 1.08. The van der Waals surface area contributed by atoms with E-state index in [1.54, 1.807) is 0 Å². The normalized spacial score (nSPS) is 23.9. The molecule has 1 aromatic rings. The number of benzene rings is 1. The van der Waals surface area contributed by atoms with Crippen molar-refractivity contribution in [3.05, 3.63) is 23.8 Å². The van der Waals surface area contributed by atoms with Gasteiger partial charge in [0.15, 0.2) is 11.5 Å². The van der Waals surface area contributed by atoms with E-state index in [2.05, 4.69) is 37.9 Å². The van der Waals surface area contributed by atoms with Gasteiger partial charge in [0.25, 0.3) is 0 Å². The van der Waals surface area contributed by atoms with Crippen molar-refractivity contribution in [2.75, 3.05) is 26.4 Å². The van der Waals surface area contributed by atoms with Crippen molar-refractivity contribution in [3.8, 4) is 11.5 Å². The molecule has 1 amide bonds. The van der Waals surface area contributed by atoms with Gasteiger partial charge in [-0.15, -0.1) is 0 Å². The number of rotatable bonds is 6. The second-order valence-corrected chi connectivity index (χ2v) is 7.63. The Morgan fingerprint density at radius 3 is 2.58 bits per heavy atom. The van der Waals surface area contributed by atoms with Gasteiger partial charge in [0, 0.05) is 19.6 Å². The van der Waals surface area contributed by atoms with Crippen LogP contribution in [0.25, 0.3) is 0 Å². The number of morpholine rings is 1. The van der Waals surface area contributed by atoms with Gasteiger partial charge in [0.2, 0.25) is 12.7 Å². The van der Waals surface area contributed by atoms with Gasteiger partial charge in [-0.1, -0.05) is 19.9 Å². The quantitative estimate of drug-likeness (QED) is 0.841. The van der Waals surface area contributed by atoms with E-state index >= 15 is 0 Å². The highest BCUT2D eigenvalue weighted by atomic mass is 16.7. The molecular weight excluding hydrogens is 332 g/mol. The lowest BCUT2D eigenvalue weighted by Gasteiger charge is -2.41. The minimum absolute atomic E-state index is 0.0991. The van der Waals surface area contributed by atoms with Crippen molar-refractivity contribution in [2.45, 2.75) is 52.4 Å². The fraction of sp³-hybridized carbons (Fsp3) is 0.650. The second kappa shape index (κ2) is 8.27. The topological polar surface area (TPSA) is 60.0 Å². The maximum Gasteiger partial charge on any atom is 0.237 e. The summed E-state index contributed by atoms with van der Waals surface area (Å²) in [5, 5.41) is 3.11. The number of hydrogen-bond acceptors (Lipinski definition) is 5. The zero-order valence-electron chi connectivity index (χ0n) is 16.2. The highest BCUT2D eigenvalue weighted by molar-refractivity contribution is 5.82. The Labute approximate surface area is 155 Å². The van der Waals surface area contributed by atoms with E-state index < -0.39 is 0 Å². The van der Waals surface area contributed by atoms with E-state index in [9.17, 15) is 4.79 Å². The largest absolute Gasteiger partial charge is 0.454 e. The Balaban J connectivity index is 1.55. The summed E-state index contributed by atoms with van der Waals surface area (Å²) < 4.78 is 16.5. The highest BCUT2D eigenvalue weighted by Gasteiger charge is 2.33. The molecule has 0 spiro atoms. The lowest BCUT2D eigenvalue weighted by Crippen LogP contribution is -2.57.